The van der Waals surface area contributed by atoms with Crippen LogP contribution in [0.1, 0.15) is 5.56 Å². The average molecular weight is 287 g/mol. The van der Waals surface area contributed by atoms with Gasteiger partial charge in [-0.25, -0.2) is 0 Å². The van der Waals surface area contributed by atoms with Crippen LogP contribution in [0.4, 0.5) is 11.4 Å². The Balaban J connectivity index is 2.11. The molecular weight excluding hydrogens is 270 g/mol. The van der Waals surface area contributed by atoms with Crippen LogP contribution in [0.25, 0.3) is 0 Å². The molecule has 0 saturated heterocycles. The third-order valence-electron chi connectivity index (χ3n) is 3.04. The number of aryl methyl sites for hydroxylation is 1. The summed E-state index contributed by atoms with van der Waals surface area (Å²) in [6.45, 7) is 1.65. The van der Waals surface area contributed by atoms with E-state index in [-0.39, 0.29) is 18.0 Å². The number of anilines is 2. The van der Waals surface area contributed by atoms with Gasteiger partial charge in [-0.3, -0.25) is 9.59 Å². The number of aromatic nitrogens is 1. The fourth-order valence-corrected chi connectivity index (χ4v) is 1.86. The minimum absolute atomic E-state index is 0.0967. The van der Waals surface area contributed by atoms with Gasteiger partial charge in [0.05, 0.1) is 12.8 Å². The van der Waals surface area contributed by atoms with Crippen LogP contribution in [-0.4, -0.2) is 17.6 Å². The number of pyridine rings is 1. The molecule has 0 fully saturated rings. The standard InChI is InChI=1S/C15H17N3O3/c1-10-6-15(20)18(8-13(10)16)9-14(19)17-11-4-3-5-12(7-11)21-2/h3-8H,9,16H2,1-2H3,(H,17,19). The zero-order valence-corrected chi connectivity index (χ0v) is 11.9. The van der Waals surface area contributed by atoms with Gasteiger partial charge in [0.15, 0.2) is 0 Å². The van der Waals surface area contributed by atoms with E-state index in [4.69, 9.17) is 10.5 Å². The summed E-state index contributed by atoms with van der Waals surface area (Å²) in [6.07, 6.45) is 1.48. The molecule has 0 unspecified atom stereocenters. The third kappa shape index (κ3) is 3.62. The summed E-state index contributed by atoms with van der Waals surface area (Å²) >= 11 is 0. The van der Waals surface area contributed by atoms with Gasteiger partial charge in [0, 0.05) is 24.0 Å². The molecule has 1 aromatic heterocycles. The van der Waals surface area contributed by atoms with Crippen molar-refractivity contribution in [1.82, 2.24) is 4.57 Å². The Kier molecular flexibility index (Phi) is 4.27. The number of nitrogens with two attached hydrogens (primary N) is 1. The molecule has 2 aromatic rings. The molecule has 110 valence electrons. The maximum Gasteiger partial charge on any atom is 0.251 e. The zero-order valence-electron chi connectivity index (χ0n) is 11.9. The van der Waals surface area contributed by atoms with Crippen LogP contribution in [0.2, 0.25) is 0 Å². The van der Waals surface area contributed by atoms with Crippen LogP contribution in [0.5, 0.6) is 5.75 Å². The molecule has 1 heterocycles. The monoisotopic (exact) mass is 287 g/mol. The van der Waals surface area contributed by atoms with Crippen LogP contribution in [0.15, 0.2) is 41.3 Å². The molecule has 0 bridgehead atoms. The number of carbonyl (C=O) groups excluding carboxylic acids is 1. The summed E-state index contributed by atoms with van der Waals surface area (Å²) in [5, 5.41) is 2.71. The number of ether oxygens (including phenoxy) is 1. The molecule has 6 nitrogen and oxygen atoms in total. The van der Waals surface area contributed by atoms with Crippen LogP contribution in [0, 0.1) is 6.92 Å². The lowest BCUT2D eigenvalue weighted by Crippen LogP contribution is -2.27. The predicted octanol–water partition coefficient (Wildman–Crippen LogP) is 1.39. The van der Waals surface area contributed by atoms with Crippen LogP contribution in [0.3, 0.4) is 0 Å². The lowest BCUT2D eigenvalue weighted by atomic mass is 10.2. The van der Waals surface area contributed by atoms with E-state index >= 15 is 0 Å². The molecule has 0 aliphatic carbocycles. The first kappa shape index (κ1) is 14.6. The first-order valence-corrected chi connectivity index (χ1v) is 6.40. The molecule has 21 heavy (non-hydrogen) atoms. The first-order chi connectivity index (χ1) is 9.99. The Bertz CT molecular complexity index is 722. The lowest BCUT2D eigenvalue weighted by molar-refractivity contribution is -0.116. The van der Waals surface area contributed by atoms with Gasteiger partial charge in [-0.1, -0.05) is 6.07 Å². The van der Waals surface area contributed by atoms with Crippen LogP contribution >= 0.6 is 0 Å². The summed E-state index contributed by atoms with van der Waals surface area (Å²) < 4.78 is 6.36. The SMILES string of the molecule is COc1cccc(NC(=O)Cn2cc(N)c(C)cc2=O)c1. The Labute approximate surface area is 122 Å². The van der Waals surface area contributed by atoms with Gasteiger partial charge in [-0.05, 0) is 24.6 Å². The molecule has 6 heteroatoms. The van der Waals surface area contributed by atoms with E-state index in [0.717, 1.165) is 0 Å². The Morgan fingerprint density at radius 3 is 2.86 bits per heavy atom. The second-order valence-corrected chi connectivity index (χ2v) is 4.66. The number of hydrogen-bond donors (Lipinski definition) is 2. The van der Waals surface area contributed by atoms with Gasteiger partial charge in [0.2, 0.25) is 5.91 Å². The minimum Gasteiger partial charge on any atom is -0.497 e. The van der Waals surface area contributed by atoms with E-state index in [2.05, 4.69) is 5.32 Å². The number of nitrogens with one attached hydrogen (secondary N) is 1. The van der Waals surface area contributed by atoms with Crippen molar-refractivity contribution < 1.29 is 9.53 Å². The van der Waals surface area contributed by atoms with Crippen LogP contribution < -0.4 is 21.3 Å². The lowest BCUT2D eigenvalue weighted by Gasteiger charge is -2.10. The summed E-state index contributed by atoms with van der Waals surface area (Å²) in [5.74, 6) is 0.332. The first-order valence-electron chi connectivity index (χ1n) is 6.40. The van der Waals surface area contributed by atoms with E-state index in [1.54, 1.807) is 38.3 Å². The second kappa shape index (κ2) is 6.13. The number of benzene rings is 1. The van der Waals surface area contributed by atoms with Crippen molar-refractivity contribution in [2.24, 2.45) is 0 Å². The number of carbonyl (C=O) groups is 1. The highest BCUT2D eigenvalue weighted by molar-refractivity contribution is 5.90. The number of nitrogens with zero attached hydrogens (tertiary/aromatic N) is 1. The summed E-state index contributed by atoms with van der Waals surface area (Å²) in [6, 6.07) is 8.40. The van der Waals surface area contributed by atoms with Crippen molar-refractivity contribution in [3.8, 4) is 5.75 Å². The van der Waals surface area contributed by atoms with Gasteiger partial charge >= 0.3 is 0 Å². The van der Waals surface area contributed by atoms with Crippen molar-refractivity contribution in [3.05, 3.63) is 52.4 Å². The van der Waals surface area contributed by atoms with E-state index in [1.807, 2.05) is 0 Å². The highest BCUT2D eigenvalue weighted by Gasteiger charge is 2.07. The second-order valence-electron chi connectivity index (χ2n) is 4.66. The van der Waals surface area contributed by atoms with Crippen molar-refractivity contribution in [2.45, 2.75) is 13.5 Å². The summed E-state index contributed by atoms with van der Waals surface area (Å²) in [4.78, 5) is 23.8. The molecule has 0 saturated carbocycles. The van der Waals surface area contributed by atoms with E-state index < -0.39 is 0 Å². The molecule has 1 amide bonds. The average Bonchev–Trinajstić information content (AvgIpc) is 2.45. The maximum atomic E-state index is 12.0. The minimum atomic E-state index is -0.311. The van der Waals surface area contributed by atoms with Crippen LogP contribution in [-0.2, 0) is 11.3 Å². The molecule has 1 aromatic carbocycles. The number of methoxy groups -OCH3 is 1. The number of nitrogen functional groups attached to an aromatic ring is 1. The Hall–Kier alpha value is -2.76. The van der Waals surface area contributed by atoms with Gasteiger partial charge < -0.3 is 20.4 Å². The highest BCUT2D eigenvalue weighted by Crippen LogP contribution is 2.16. The molecule has 3 N–H and O–H groups in total. The third-order valence-corrected chi connectivity index (χ3v) is 3.04. The molecule has 0 aliphatic rings. The van der Waals surface area contributed by atoms with Crippen molar-refractivity contribution >= 4 is 17.3 Å². The largest absolute Gasteiger partial charge is 0.497 e. The van der Waals surface area contributed by atoms with E-state index in [1.165, 1.54) is 16.8 Å². The van der Waals surface area contributed by atoms with Crippen molar-refractivity contribution in [3.63, 3.8) is 0 Å². The van der Waals surface area contributed by atoms with Crippen molar-refractivity contribution in [2.75, 3.05) is 18.2 Å². The number of rotatable bonds is 4. The maximum absolute atomic E-state index is 12.0. The molecule has 0 spiro atoms. The van der Waals surface area contributed by atoms with E-state index in [9.17, 15) is 9.59 Å². The predicted molar refractivity (Wildman–Crippen MR) is 81.5 cm³/mol. The molecule has 2 rings (SSSR count). The Morgan fingerprint density at radius 2 is 2.14 bits per heavy atom. The Morgan fingerprint density at radius 1 is 1.38 bits per heavy atom. The molecule has 0 aliphatic heterocycles. The normalized spacial score (nSPS) is 10.2. The van der Waals surface area contributed by atoms with Gasteiger partial charge in [-0.15, -0.1) is 0 Å². The fourth-order valence-electron chi connectivity index (χ4n) is 1.86. The topological polar surface area (TPSA) is 86.3 Å². The quantitative estimate of drug-likeness (QED) is 0.889. The van der Waals surface area contributed by atoms with Gasteiger partial charge in [-0.2, -0.15) is 0 Å². The zero-order chi connectivity index (χ0) is 15.4. The van der Waals surface area contributed by atoms with Gasteiger partial charge in [0.25, 0.3) is 5.56 Å². The summed E-state index contributed by atoms with van der Waals surface area (Å²) in [7, 11) is 1.55. The number of amides is 1. The van der Waals surface area contributed by atoms with Crippen molar-refractivity contribution in [1.29, 1.82) is 0 Å². The van der Waals surface area contributed by atoms with E-state index in [0.29, 0.717) is 22.7 Å². The highest BCUT2D eigenvalue weighted by atomic mass is 16.5. The fraction of sp³-hybridized carbons (Fsp3) is 0.200. The molecule has 0 atom stereocenters. The smallest absolute Gasteiger partial charge is 0.251 e. The molecule has 0 radical (unpaired) electrons. The summed E-state index contributed by atoms with van der Waals surface area (Å²) in [5.41, 5.74) is 7.26. The molecular formula is C15H17N3O3. The number of hydrogen-bond acceptors (Lipinski definition) is 4. The van der Waals surface area contributed by atoms with Gasteiger partial charge in [0.1, 0.15) is 12.3 Å².